The highest BCUT2D eigenvalue weighted by molar-refractivity contribution is 5.86. The number of aromatic nitrogens is 1. The third kappa shape index (κ3) is 4.10. The fourth-order valence-electron chi connectivity index (χ4n) is 2.53. The van der Waals surface area contributed by atoms with Gasteiger partial charge in [0.15, 0.2) is 0 Å². The van der Waals surface area contributed by atoms with Crippen LogP contribution in [0.25, 0.3) is 10.9 Å². The van der Waals surface area contributed by atoms with Crippen molar-refractivity contribution in [3.8, 4) is 0 Å². The highest BCUT2D eigenvalue weighted by Gasteiger charge is 2.19. The fourth-order valence-corrected chi connectivity index (χ4v) is 2.53. The van der Waals surface area contributed by atoms with Gasteiger partial charge in [-0.05, 0) is 25.5 Å². The van der Waals surface area contributed by atoms with Gasteiger partial charge in [-0.3, -0.25) is 9.59 Å². The number of nitrogens with zero attached hydrogens (tertiary/aromatic N) is 1. The second kappa shape index (κ2) is 7.78. The minimum Gasteiger partial charge on any atom is -0.465 e. The van der Waals surface area contributed by atoms with E-state index in [0.717, 1.165) is 16.5 Å². The first-order valence-corrected chi connectivity index (χ1v) is 7.71. The highest BCUT2D eigenvalue weighted by atomic mass is 16.5. The Balaban J connectivity index is 2.26. The molecule has 23 heavy (non-hydrogen) atoms. The van der Waals surface area contributed by atoms with Crippen LogP contribution in [0.4, 0.5) is 0 Å². The molecule has 0 fully saturated rings. The molecule has 1 aromatic carbocycles. The number of hydrogen-bond donors (Lipinski definition) is 1. The van der Waals surface area contributed by atoms with Crippen molar-refractivity contribution in [1.82, 2.24) is 4.57 Å². The molecule has 6 nitrogen and oxygen atoms in total. The molecule has 0 aliphatic heterocycles. The second-order valence-electron chi connectivity index (χ2n) is 5.17. The average Bonchev–Trinajstić information content (AvgIpc) is 2.86. The van der Waals surface area contributed by atoms with Crippen molar-refractivity contribution in [3.63, 3.8) is 0 Å². The molecule has 0 saturated heterocycles. The minimum absolute atomic E-state index is 0.128. The van der Waals surface area contributed by atoms with Gasteiger partial charge in [-0.2, -0.15) is 0 Å². The van der Waals surface area contributed by atoms with E-state index < -0.39 is 12.0 Å². The summed E-state index contributed by atoms with van der Waals surface area (Å²) in [5.41, 5.74) is 7.73. The fraction of sp³-hybridized carbons (Fsp3) is 0.412. The molecule has 0 radical (unpaired) electrons. The molecule has 1 unspecified atom stereocenters. The zero-order valence-corrected chi connectivity index (χ0v) is 13.5. The Kier molecular flexibility index (Phi) is 5.76. The van der Waals surface area contributed by atoms with Gasteiger partial charge in [-0.1, -0.05) is 18.2 Å². The smallest absolute Gasteiger partial charge is 0.325 e. The number of carbonyl (C=O) groups excluding carboxylic acids is 2. The Morgan fingerprint density at radius 3 is 2.57 bits per heavy atom. The minimum atomic E-state index is -0.725. The molecule has 1 aromatic heterocycles. The monoisotopic (exact) mass is 318 g/mol. The molecular weight excluding hydrogens is 296 g/mol. The summed E-state index contributed by atoms with van der Waals surface area (Å²) in [6, 6.07) is 6.96. The molecule has 0 aliphatic rings. The van der Waals surface area contributed by atoms with Gasteiger partial charge in [0.2, 0.25) is 0 Å². The molecule has 6 heteroatoms. The molecular formula is C17H22N2O4. The lowest BCUT2D eigenvalue weighted by Crippen LogP contribution is -2.34. The molecule has 124 valence electrons. The number of esters is 2. The molecule has 1 atom stereocenters. The largest absolute Gasteiger partial charge is 0.465 e. The third-order valence-electron chi connectivity index (χ3n) is 3.51. The normalized spacial score (nSPS) is 12.1. The lowest BCUT2D eigenvalue weighted by Gasteiger charge is -2.09. The predicted octanol–water partition coefficient (Wildman–Crippen LogP) is 1.64. The average molecular weight is 318 g/mol. The second-order valence-corrected chi connectivity index (χ2v) is 5.17. The third-order valence-corrected chi connectivity index (χ3v) is 3.51. The summed E-state index contributed by atoms with van der Waals surface area (Å²) < 4.78 is 11.8. The van der Waals surface area contributed by atoms with E-state index in [9.17, 15) is 9.59 Å². The standard InChI is InChI=1S/C17H22N2O4/c1-3-22-16(20)11-19-10-12(9-14(18)17(21)23-4-2)13-7-5-6-8-15(13)19/h5-8,10,14H,3-4,9,11,18H2,1-2H3. The maximum Gasteiger partial charge on any atom is 0.325 e. The van der Waals surface area contributed by atoms with Crippen molar-refractivity contribution in [2.24, 2.45) is 5.73 Å². The molecule has 2 rings (SSSR count). The first-order valence-electron chi connectivity index (χ1n) is 7.71. The number of ether oxygens (including phenoxy) is 2. The van der Waals surface area contributed by atoms with E-state index in [1.165, 1.54) is 0 Å². The lowest BCUT2D eigenvalue weighted by atomic mass is 10.1. The topological polar surface area (TPSA) is 83.5 Å². The van der Waals surface area contributed by atoms with Crippen LogP contribution in [0.2, 0.25) is 0 Å². The van der Waals surface area contributed by atoms with Crippen LogP contribution < -0.4 is 5.73 Å². The Bertz CT molecular complexity index is 693. The van der Waals surface area contributed by atoms with Crippen LogP contribution in [0.3, 0.4) is 0 Å². The van der Waals surface area contributed by atoms with E-state index in [1.807, 2.05) is 35.0 Å². The predicted molar refractivity (Wildman–Crippen MR) is 86.9 cm³/mol. The summed E-state index contributed by atoms with van der Waals surface area (Å²) in [6.45, 7) is 4.30. The van der Waals surface area contributed by atoms with Crippen molar-refractivity contribution < 1.29 is 19.1 Å². The van der Waals surface area contributed by atoms with E-state index >= 15 is 0 Å². The summed E-state index contributed by atoms with van der Waals surface area (Å²) in [5, 5.41) is 0.969. The number of nitrogens with two attached hydrogens (primary N) is 1. The molecule has 2 aromatic rings. The van der Waals surface area contributed by atoms with E-state index in [2.05, 4.69) is 0 Å². The maximum absolute atomic E-state index is 11.7. The van der Waals surface area contributed by atoms with Crippen LogP contribution in [0.5, 0.6) is 0 Å². The van der Waals surface area contributed by atoms with Crippen LogP contribution in [-0.4, -0.2) is 35.8 Å². The molecule has 0 aliphatic carbocycles. The van der Waals surface area contributed by atoms with Crippen LogP contribution in [0.1, 0.15) is 19.4 Å². The van der Waals surface area contributed by atoms with Crippen LogP contribution >= 0.6 is 0 Å². The zero-order chi connectivity index (χ0) is 16.8. The molecule has 0 bridgehead atoms. The number of fused-ring (bicyclic) bond motifs is 1. The Labute approximate surface area is 135 Å². The summed E-state index contributed by atoms with van der Waals surface area (Å²) in [6.07, 6.45) is 2.20. The van der Waals surface area contributed by atoms with Gasteiger partial charge < -0.3 is 19.8 Å². The number of carbonyl (C=O) groups is 2. The number of benzene rings is 1. The molecule has 0 amide bonds. The maximum atomic E-state index is 11.7. The molecule has 2 N–H and O–H groups in total. The van der Waals surface area contributed by atoms with Gasteiger partial charge in [0, 0.05) is 23.5 Å². The number of hydrogen-bond acceptors (Lipinski definition) is 5. The van der Waals surface area contributed by atoms with Gasteiger partial charge in [-0.15, -0.1) is 0 Å². The van der Waals surface area contributed by atoms with E-state index in [4.69, 9.17) is 15.2 Å². The summed E-state index contributed by atoms with van der Waals surface area (Å²) >= 11 is 0. The summed E-state index contributed by atoms with van der Waals surface area (Å²) in [4.78, 5) is 23.5. The van der Waals surface area contributed by atoms with E-state index in [-0.39, 0.29) is 12.5 Å². The first kappa shape index (κ1) is 17.0. The molecule has 0 saturated carbocycles. The number of rotatable bonds is 7. The summed E-state index contributed by atoms with van der Waals surface area (Å²) in [5.74, 6) is -0.718. The lowest BCUT2D eigenvalue weighted by molar-refractivity contribution is -0.145. The van der Waals surface area contributed by atoms with Crippen molar-refractivity contribution in [3.05, 3.63) is 36.0 Å². The van der Waals surface area contributed by atoms with Gasteiger partial charge in [0.05, 0.1) is 13.2 Å². The Morgan fingerprint density at radius 2 is 1.87 bits per heavy atom. The van der Waals surface area contributed by atoms with Crippen LogP contribution in [-0.2, 0) is 32.0 Å². The molecule has 0 spiro atoms. The number of para-hydroxylation sites is 1. The van der Waals surface area contributed by atoms with Crippen molar-refractivity contribution >= 4 is 22.8 Å². The van der Waals surface area contributed by atoms with Crippen LogP contribution in [0.15, 0.2) is 30.5 Å². The quantitative estimate of drug-likeness (QED) is 0.785. The first-order chi connectivity index (χ1) is 11.1. The summed E-state index contributed by atoms with van der Waals surface area (Å²) in [7, 11) is 0. The van der Waals surface area contributed by atoms with Gasteiger partial charge in [0.1, 0.15) is 12.6 Å². The van der Waals surface area contributed by atoms with Crippen molar-refractivity contribution in [2.45, 2.75) is 32.9 Å². The van der Waals surface area contributed by atoms with Crippen LogP contribution in [0, 0.1) is 0 Å². The molecule has 1 heterocycles. The Morgan fingerprint density at radius 1 is 1.17 bits per heavy atom. The van der Waals surface area contributed by atoms with Gasteiger partial charge in [0.25, 0.3) is 0 Å². The van der Waals surface area contributed by atoms with Gasteiger partial charge >= 0.3 is 11.9 Å². The zero-order valence-electron chi connectivity index (χ0n) is 13.5. The SMILES string of the molecule is CCOC(=O)Cn1cc(CC(N)C(=O)OCC)c2ccccc21. The van der Waals surface area contributed by atoms with Crippen molar-refractivity contribution in [1.29, 1.82) is 0 Å². The highest BCUT2D eigenvalue weighted by Crippen LogP contribution is 2.22. The van der Waals surface area contributed by atoms with Gasteiger partial charge in [-0.25, -0.2) is 0 Å². The van der Waals surface area contributed by atoms with E-state index in [1.54, 1.807) is 13.8 Å². The Hall–Kier alpha value is -2.34. The van der Waals surface area contributed by atoms with E-state index in [0.29, 0.717) is 19.6 Å². The van der Waals surface area contributed by atoms with Crippen molar-refractivity contribution in [2.75, 3.05) is 13.2 Å².